The number of para-hydroxylation sites is 1. The molecule has 2 aromatic rings. The second-order valence-corrected chi connectivity index (χ2v) is 4.82. The third kappa shape index (κ3) is 2.06. The third-order valence-electron chi connectivity index (χ3n) is 3.65. The molecule has 0 spiro atoms. The average Bonchev–Trinajstić information content (AvgIpc) is 2.46. The highest BCUT2D eigenvalue weighted by Gasteiger charge is 2.20. The molecular weight excluding hydrogens is 224 g/mol. The molecule has 94 valence electrons. The molecule has 0 aliphatic carbocycles. The van der Waals surface area contributed by atoms with Gasteiger partial charge in [0.15, 0.2) is 0 Å². The van der Waals surface area contributed by atoms with Gasteiger partial charge >= 0.3 is 0 Å². The first-order chi connectivity index (χ1) is 8.88. The molecular formula is C15H18N2O. The summed E-state index contributed by atoms with van der Waals surface area (Å²) in [5.74, 6) is 1.30. The summed E-state index contributed by atoms with van der Waals surface area (Å²) in [4.78, 5) is 4.62. The van der Waals surface area contributed by atoms with Gasteiger partial charge in [0.25, 0.3) is 0 Å². The third-order valence-corrected chi connectivity index (χ3v) is 3.65. The van der Waals surface area contributed by atoms with Crippen LogP contribution >= 0.6 is 0 Å². The number of benzene rings is 1. The topological polar surface area (TPSA) is 34.1 Å². The largest absolute Gasteiger partial charge is 0.481 e. The van der Waals surface area contributed by atoms with E-state index in [0.29, 0.717) is 5.92 Å². The zero-order valence-electron chi connectivity index (χ0n) is 10.6. The molecule has 1 fully saturated rings. The first kappa shape index (κ1) is 11.5. The molecule has 0 saturated carbocycles. The molecule has 3 rings (SSSR count). The van der Waals surface area contributed by atoms with Gasteiger partial charge in [-0.05, 0) is 31.5 Å². The number of pyridine rings is 1. The molecule has 1 aliphatic heterocycles. The molecule has 1 aromatic heterocycles. The Morgan fingerprint density at radius 2 is 2.22 bits per heavy atom. The van der Waals surface area contributed by atoms with E-state index in [0.717, 1.165) is 24.5 Å². The maximum atomic E-state index is 5.47. The molecule has 1 aliphatic rings. The van der Waals surface area contributed by atoms with E-state index in [-0.39, 0.29) is 0 Å². The summed E-state index contributed by atoms with van der Waals surface area (Å²) >= 11 is 0. The summed E-state index contributed by atoms with van der Waals surface area (Å²) in [6.45, 7) is 2.15. The van der Waals surface area contributed by atoms with Gasteiger partial charge < -0.3 is 10.1 Å². The number of nitrogens with zero attached hydrogens (tertiary/aromatic N) is 1. The minimum absolute atomic E-state index is 0.519. The molecule has 1 aromatic carbocycles. The van der Waals surface area contributed by atoms with Gasteiger partial charge in [0.1, 0.15) is 0 Å². The Labute approximate surface area is 107 Å². The van der Waals surface area contributed by atoms with Gasteiger partial charge in [0.2, 0.25) is 5.88 Å². The Morgan fingerprint density at radius 1 is 1.33 bits per heavy atom. The van der Waals surface area contributed by atoms with Crippen LogP contribution in [0.15, 0.2) is 30.3 Å². The lowest BCUT2D eigenvalue weighted by molar-refractivity contribution is 0.379. The van der Waals surface area contributed by atoms with E-state index in [1.165, 1.54) is 23.8 Å². The number of ether oxygens (including phenoxy) is 1. The van der Waals surface area contributed by atoms with Crippen LogP contribution in [0, 0.1) is 0 Å². The maximum absolute atomic E-state index is 5.47. The van der Waals surface area contributed by atoms with Crippen LogP contribution in [0.1, 0.15) is 24.3 Å². The molecule has 18 heavy (non-hydrogen) atoms. The van der Waals surface area contributed by atoms with Gasteiger partial charge in [-0.1, -0.05) is 18.2 Å². The van der Waals surface area contributed by atoms with E-state index in [9.17, 15) is 0 Å². The zero-order chi connectivity index (χ0) is 12.4. The highest BCUT2D eigenvalue weighted by atomic mass is 16.5. The van der Waals surface area contributed by atoms with Crippen LogP contribution in [0.4, 0.5) is 0 Å². The van der Waals surface area contributed by atoms with Crippen LogP contribution in [-0.4, -0.2) is 25.2 Å². The smallest absolute Gasteiger partial charge is 0.217 e. The van der Waals surface area contributed by atoms with Crippen molar-refractivity contribution in [2.45, 2.75) is 18.8 Å². The summed E-state index contributed by atoms with van der Waals surface area (Å²) in [6, 6.07) is 10.4. The quantitative estimate of drug-likeness (QED) is 0.879. The number of fused-ring (bicyclic) bond motifs is 1. The number of hydrogen-bond donors (Lipinski definition) is 1. The van der Waals surface area contributed by atoms with Gasteiger partial charge in [-0.3, -0.25) is 0 Å². The van der Waals surface area contributed by atoms with Crippen molar-refractivity contribution < 1.29 is 4.74 Å². The van der Waals surface area contributed by atoms with Gasteiger partial charge in [0, 0.05) is 23.4 Å². The Morgan fingerprint density at radius 3 is 3.00 bits per heavy atom. The summed E-state index contributed by atoms with van der Waals surface area (Å²) in [5.41, 5.74) is 2.24. The van der Waals surface area contributed by atoms with Crippen molar-refractivity contribution in [1.82, 2.24) is 10.3 Å². The normalized spacial score (nSPS) is 19.9. The standard InChI is InChI=1S/C15H18N2O/c1-18-15-13(12-6-4-8-16-10-12)9-11-5-2-3-7-14(11)17-15/h2-3,5,7,9,12,16H,4,6,8,10H2,1H3. The Kier molecular flexibility index (Phi) is 3.15. The maximum Gasteiger partial charge on any atom is 0.217 e. The van der Waals surface area contributed by atoms with Gasteiger partial charge in [-0.25, -0.2) is 4.98 Å². The van der Waals surface area contributed by atoms with Crippen LogP contribution in [0.3, 0.4) is 0 Å². The Hall–Kier alpha value is -1.61. The molecule has 2 heterocycles. The molecule has 0 amide bonds. The summed E-state index contributed by atoms with van der Waals surface area (Å²) in [7, 11) is 1.71. The molecule has 1 saturated heterocycles. The number of nitrogens with one attached hydrogen (secondary N) is 1. The second kappa shape index (κ2) is 4.94. The minimum Gasteiger partial charge on any atom is -0.481 e. The fourth-order valence-electron chi connectivity index (χ4n) is 2.69. The molecule has 1 N–H and O–H groups in total. The average molecular weight is 242 g/mol. The lowest BCUT2D eigenvalue weighted by Gasteiger charge is -2.24. The SMILES string of the molecule is COc1nc2ccccc2cc1C1CCCNC1. The fourth-order valence-corrected chi connectivity index (χ4v) is 2.69. The molecule has 3 nitrogen and oxygen atoms in total. The van der Waals surface area contributed by atoms with Crippen LogP contribution in [0.25, 0.3) is 10.9 Å². The summed E-state index contributed by atoms with van der Waals surface area (Å²) in [6.07, 6.45) is 2.43. The first-order valence-corrected chi connectivity index (χ1v) is 6.53. The van der Waals surface area contributed by atoms with Crippen LogP contribution in [-0.2, 0) is 0 Å². The van der Waals surface area contributed by atoms with Crippen molar-refractivity contribution in [3.8, 4) is 5.88 Å². The number of rotatable bonds is 2. The molecule has 3 heteroatoms. The van der Waals surface area contributed by atoms with Crippen molar-refractivity contribution in [2.24, 2.45) is 0 Å². The van der Waals surface area contributed by atoms with Crippen molar-refractivity contribution in [3.63, 3.8) is 0 Å². The highest BCUT2D eigenvalue weighted by Crippen LogP contribution is 2.32. The van der Waals surface area contributed by atoms with Gasteiger partial charge in [-0.15, -0.1) is 0 Å². The molecule has 0 bridgehead atoms. The second-order valence-electron chi connectivity index (χ2n) is 4.82. The Bertz CT molecular complexity index is 547. The van der Waals surface area contributed by atoms with E-state index in [1.807, 2.05) is 12.1 Å². The number of piperidine rings is 1. The number of methoxy groups -OCH3 is 1. The summed E-state index contributed by atoms with van der Waals surface area (Å²) in [5, 5.41) is 4.64. The molecule has 0 radical (unpaired) electrons. The van der Waals surface area contributed by atoms with Crippen molar-refractivity contribution in [2.75, 3.05) is 20.2 Å². The predicted molar refractivity (Wildman–Crippen MR) is 73.1 cm³/mol. The zero-order valence-corrected chi connectivity index (χ0v) is 10.6. The Balaban J connectivity index is 2.08. The van der Waals surface area contributed by atoms with Crippen LogP contribution in [0.5, 0.6) is 5.88 Å². The van der Waals surface area contributed by atoms with Crippen molar-refractivity contribution in [1.29, 1.82) is 0 Å². The van der Waals surface area contributed by atoms with Gasteiger partial charge in [0.05, 0.1) is 12.6 Å². The van der Waals surface area contributed by atoms with E-state index < -0.39 is 0 Å². The number of aromatic nitrogens is 1. The van der Waals surface area contributed by atoms with Gasteiger partial charge in [-0.2, -0.15) is 0 Å². The van der Waals surface area contributed by atoms with E-state index in [4.69, 9.17) is 4.74 Å². The van der Waals surface area contributed by atoms with Crippen LogP contribution < -0.4 is 10.1 Å². The first-order valence-electron chi connectivity index (χ1n) is 6.53. The van der Waals surface area contributed by atoms with Crippen molar-refractivity contribution >= 4 is 10.9 Å². The predicted octanol–water partition coefficient (Wildman–Crippen LogP) is 2.71. The van der Waals surface area contributed by atoms with E-state index in [2.05, 4.69) is 28.5 Å². The lowest BCUT2D eigenvalue weighted by Crippen LogP contribution is -2.28. The van der Waals surface area contributed by atoms with Crippen molar-refractivity contribution in [3.05, 3.63) is 35.9 Å². The lowest BCUT2D eigenvalue weighted by atomic mass is 9.91. The van der Waals surface area contributed by atoms with Crippen LogP contribution in [0.2, 0.25) is 0 Å². The van der Waals surface area contributed by atoms with E-state index >= 15 is 0 Å². The fraction of sp³-hybridized carbons (Fsp3) is 0.400. The number of hydrogen-bond acceptors (Lipinski definition) is 3. The summed E-state index contributed by atoms with van der Waals surface area (Å²) < 4.78 is 5.47. The minimum atomic E-state index is 0.519. The highest BCUT2D eigenvalue weighted by molar-refractivity contribution is 5.80. The molecule has 1 unspecified atom stereocenters. The molecule has 1 atom stereocenters. The van der Waals surface area contributed by atoms with E-state index in [1.54, 1.807) is 7.11 Å². The monoisotopic (exact) mass is 242 g/mol.